The summed E-state index contributed by atoms with van der Waals surface area (Å²) in [6, 6.07) is 2.77. The van der Waals surface area contributed by atoms with Gasteiger partial charge in [-0.15, -0.1) is 0 Å². The van der Waals surface area contributed by atoms with Crippen LogP contribution in [0.25, 0.3) is 0 Å². The molecule has 1 aromatic rings. The average molecular weight is 377 g/mol. The molecule has 11 heteroatoms. The number of nitro groups is 1. The smallest absolute Gasteiger partial charge is 0.341 e. The summed E-state index contributed by atoms with van der Waals surface area (Å²) < 4.78 is 48.3. The van der Waals surface area contributed by atoms with Gasteiger partial charge in [-0.3, -0.25) is 14.9 Å². The van der Waals surface area contributed by atoms with E-state index in [2.05, 4.69) is 0 Å². The van der Waals surface area contributed by atoms with Gasteiger partial charge >= 0.3 is 5.76 Å². The lowest BCUT2D eigenvalue weighted by Crippen LogP contribution is -2.35. The highest BCUT2D eigenvalue weighted by molar-refractivity contribution is 7.91. The molecule has 0 atom stereocenters. The zero-order valence-corrected chi connectivity index (χ0v) is 13.9. The van der Waals surface area contributed by atoms with Crippen LogP contribution in [-0.4, -0.2) is 38.1 Å². The van der Waals surface area contributed by atoms with Gasteiger partial charge in [-0.25, -0.2) is 8.42 Å². The van der Waals surface area contributed by atoms with E-state index in [1.54, 1.807) is 4.90 Å². The monoisotopic (exact) mass is 377 g/mol. The van der Waals surface area contributed by atoms with Crippen LogP contribution in [0.1, 0.15) is 19.3 Å². The highest BCUT2D eigenvalue weighted by Gasteiger charge is 2.31. The molecule has 0 bridgehead atoms. The molecule has 1 aromatic carbocycles. The number of nitrogens with two attached hydrogens (primary N) is 1. The Bertz CT molecular complexity index is 777. The Kier molecular flexibility index (Phi) is 5.55. The second-order valence-electron chi connectivity index (χ2n) is 5.81. The fourth-order valence-electron chi connectivity index (χ4n) is 2.86. The molecule has 0 spiro atoms. The van der Waals surface area contributed by atoms with Crippen molar-refractivity contribution in [2.24, 2.45) is 11.7 Å². The quantitative estimate of drug-likeness (QED) is 0.594. The standard InChI is InChI=1S/C14H17F2N3O5S/c15-14(16)25(23,24)10-1-2-11(12(8-10)19(21)22)18-5-3-9(4-6-18)7-13(17)20/h1-2,8-9,14H,3-7H2,(H2,17,20). The van der Waals surface area contributed by atoms with Crippen molar-refractivity contribution in [3.63, 3.8) is 0 Å². The van der Waals surface area contributed by atoms with Crippen molar-refractivity contribution < 1.29 is 26.9 Å². The summed E-state index contributed by atoms with van der Waals surface area (Å²) in [5, 5.41) is 11.3. The Morgan fingerprint density at radius 1 is 1.36 bits per heavy atom. The maximum Gasteiger partial charge on any atom is 0.341 e. The number of hydrogen-bond acceptors (Lipinski definition) is 6. The predicted octanol–water partition coefficient (Wildman–Crippen LogP) is 1.68. The van der Waals surface area contributed by atoms with Gasteiger partial charge in [-0.2, -0.15) is 8.78 Å². The molecule has 1 saturated heterocycles. The van der Waals surface area contributed by atoms with E-state index in [-0.39, 0.29) is 18.0 Å². The minimum atomic E-state index is -4.91. The molecule has 0 aromatic heterocycles. The zero-order chi connectivity index (χ0) is 18.8. The van der Waals surface area contributed by atoms with Gasteiger partial charge in [0.1, 0.15) is 5.69 Å². The molecule has 0 aliphatic carbocycles. The first-order chi connectivity index (χ1) is 11.6. The molecular weight excluding hydrogens is 360 g/mol. The fraction of sp³-hybridized carbons (Fsp3) is 0.500. The molecule has 1 heterocycles. The summed E-state index contributed by atoms with van der Waals surface area (Å²) in [5.74, 6) is -3.97. The van der Waals surface area contributed by atoms with Crippen LogP contribution < -0.4 is 10.6 Å². The van der Waals surface area contributed by atoms with Crippen molar-refractivity contribution in [3.05, 3.63) is 28.3 Å². The third-order valence-electron chi connectivity index (χ3n) is 4.15. The number of nitrogens with zero attached hydrogens (tertiary/aromatic N) is 2. The largest absolute Gasteiger partial charge is 0.370 e. The number of nitro benzene ring substituents is 1. The van der Waals surface area contributed by atoms with Crippen LogP contribution in [0.15, 0.2) is 23.1 Å². The predicted molar refractivity (Wildman–Crippen MR) is 85.0 cm³/mol. The maximum absolute atomic E-state index is 12.6. The summed E-state index contributed by atoms with van der Waals surface area (Å²) >= 11 is 0. The number of sulfone groups is 1. The molecule has 0 saturated carbocycles. The van der Waals surface area contributed by atoms with Gasteiger partial charge in [0.25, 0.3) is 5.69 Å². The van der Waals surface area contributed by atoms with E-state index in [1.165, 1.54) is 6.07 Å². The van der Waals surface area contributed by atoms with Gasteiger partial charge in [0, 0.05) is 25.6 Å². The Labute approximate surface area is 142 Å². The number of piperidine rings is 1. The molecular formula is C14H17F2N3O5S. The van der Waals surface area contributed by atoms with Gasteiger partial charge < -0.3 is 10.6 Å². The number of primary amides is 1. The number of carbonyl (C=O) groups is 1. The van der Waals surface area contributed by atoms with Crippen LogP contribution in [0.4, 0.5) is 20.2 Å². The Balaban J connectivity index is 2.28. The number of benzene rings is 1. The maximum atomic E-state index is 12.6. The van der Waals surface area contributed by atoms with Crippen molar-refractivity contribution >= 4 is 27.1 Å². The van der Waals surface area contributed by atoms with E-state index < -0.39 is 37.0 Å². The molecule has 138 valence electrons. The summed E-state index contributed by atoms with van der Waals surface area (Å²) in [6.07, 6.45) is 1.43. The van der Waals surface area contributed by atoms with E-state index in [0.29, 0.717) is 32.0 Å². The second kappa shape index (κ2) is 7.30. The average Bonchev–Trinajstić information content (AvgIpc) is 2.54. The summed E-state index contributed by atoms with van der Waals surface area (Å²) in [4.78, 5) is 22.3. The third kappa shape index (κ3) is 4.21. The van der Waals surface area contributed by atoms with Crippen LogP contribution in [0.5, 0.6) is 0 Å². The summed E-state index contributed by atoms with van der Waals surface area (Å²) in [6.45, 7) is 0.833. The number of rotatable bonds is 6. The molecule has 25 heavy (non-hydrogen) atoms. The van der Waals surface area contributed by atoms with Gasteiger partial charge in [-0.1, -0.05) is 0 Å². The van der Waals surface area contributed by atoms with Gasteiger partial charge in [-0.05, 0) is 30.9 Å². The topological polar surface area (TPSA) is 124 Å². The Hall–Kier alpha value is -2.30. The lowest BCUT2D eigenvalue weighted by atomic mass is 9.93. The van der Waals surface area contributed by atoms with Gasteiger partial charge in [0.2, 0.25) is 15.7 Å². The lowest BCUT2D eigenvalue weighted by Gasteiger charge is -2.32. The van der Waals surface area contributed by atoms with Crippen LogP contribution in [0, 0.1) is 16.0 Å². The minimum Gasteiger partial charge on any atom is -0.370 e. The van der Waals surface area contributed by atoms with E-state index in [4.69, 9.17) is 5.73 Å². The molecule has 0 radical (unpaired) electrons. The van der Waals surface area contributed by atoms with Crippen molar-refractivity contribution in [3.8, 4) is 0 Å². The van der Waals surface area contributed by atoms with Crippen molar-refractivity contribution in [2.45, 2.75) is 29.9 Å². The molecule has 2 rings (SSSR count). The van der Waals surface area contributed by atoms with Crippen molar-refractivity contribution in [1.29, 1.82) is 0 Å². The van der Waals surface area contributed by atoms with E-state index >= 15 is 0 Å². The molecule has 1 amide bonds. The normalized spacial score (nSPS) is 16.2. The van der Waals surface area contributed by atoms with Crippen LogP contribution in [-0.2, 0) is 14.6 Å². The second-order valence-corrected chi connectivity index (χ2v) is 7.73. The summed E-state index contributed by atoms with van der Waals surface area (Å²) in [5.41, 5.74) is 4.77. The molecule has 8 nitrogen and oxygen atoms in total. The number of halogens is 2. The minimum absolute atomic E-state index is 0.0892. The van der Waals surface area contributed by atoms with E-state index in [1.807, 2.05) is 0 Å². The third-order valence-corrected chi connectivity index (χ3v) is 5.53. The first kappa shape index (κ1) is 19.0. The number of alkyl halides is 2. The van der Waals surface area contributed by atoms with Crippen molar-refractivity contribution in [1.82, 2.24) is 0 Å². The number of carbonyl (C=O) groups excluding carboxylic acids is 1. The first-order valence-corrected chi connectivity index (χ1v) is 9.01. The molecule has 1 aliphatic rings. The number of amides is 1. The molecule has 2 N–H and O–H groups in total. The molecule has 1 fully saturated rings. The van der Waals surface area contributed by atoms with Crippen LogP contribution >= 0.6 is 0 Å². The van der Waals surface area contributed by atoms with Crippen LogP contribution in [0.3, 0.4) is 0 Å². The highest BCUT2D eigenvalue weighted by Crippen LogP contribution is 2.35. The Morgan fingerprint density at radius 3 is 2.44 bits per heavy atom. The van der Waals surface area contributed by atoms with Gasteiger partial charge in [0.05, 0.1) is 9.82 Å². The van der Waals surface area contributed by atoms with Crippen LogP contribution in [0.2, 0.25) is 0 Å². The first-order valence-electron chi connectivity index (χ1n) is 7.46. The Morgan fingerprint density at radius 2 is 1.96 bits per heavy atom. The summed E-state index contributed by atoms with van der Waals surface area (Å²) in [7, 11) is -4.91. The van der Waals surface area contributed by atoms with E-state index in [9.17, 15) is 32.1 Å². The lowest BCUT2D eigenvalue weighted by molar-refractivity contribution is -0.384. The molecule has 0 unspecified atom stereocenters. The highest BCUT2D eigenvalue weighted by atomic mass is 32.2. The van der Waals surface area contributed by atoms with Crippen molar-refractivity contribution in [2.75, 3.05) is 18.0 Å². The SMILES string of the molecule is NC(=O)CC1CCN(c2ccc(S(=O)(=O)C(F)F)cc2[N+](=O)[O-])CC1. The zero-order valence-electron chi connectivity index (χ0n) is 13.1. The van der Waals surface area contributed by atoms with E-state index in [0.717, 1.165) is 6.07 Å². The number of hydrogen-bond donors (Lipinski definition) is 1. The number of anilines is 1. The fourth-order valence-corrected chi connectivity index (χ4v) is 3.60. The molecule has 1 aliphatic heterocycles. The van der Waals surface area contributed by atoms with Gasteiger partial charge in [0.15, 0.2) is 0 Å².